The van der Waals surface area contributed by atoms with Crippen molar-refractivity contribution in [3.05, 3.63) is 175 Å². The standard InChI is InChI=1S/C40H26Cl2N2O5/c1-23-12-21-30(22-31(23)44(48)49)43-36(45)34-35(37(43)46)40(27-15-19-29(42)20-16-27)33(25-10-6-3-7-11-25)32(24-8-4-2-5-9-24)39(34,38(40)47)26-13-17-28(41)18-14-26/h2-22,34-35H,1H3/t34-,35+,39-,40-/m0/s1. The number of halogens is 2. The molecule has 2 aliphatic carbocycles. The number of rotatable bonds is 6. The number of aryl methyl sites for hydroxylation is 1. The van der Waals surface area contributed by atoms with Crippen molar-refractivity contribution < 1.29 is 19.3 Å². The summed E-state index contributed by atoms with van der Waals surface area (Å²) in [4.78, 5) is 58.7. The summed E-state index contributed by atoms with van der Waals surface area (Å²) in [7, 11) is 0. The summed E-state index contributed by atoms with van der Waals surface area (Å²) < 4.78 is 0. The van der Waals surface area contributed by atoms with Crippen LogP contribution >= 0.6 is 23.2 Å². The van der Waals surface area contributed by atoms with Gasteiger partial charge in [0.2, 0.25) is 11.8 Å². The largest absolute Gasteiger partial charge is 0.297 e. The molecule has 1 saturated carbocycles. The summed E-state index contributed by atoms with van der Waals surface area (Å²) in [5.41, 5.74) is 0.715. The minimum Gasteiger partial charge on any atom is -0.297 e. The molecule has 8 rings (SSSR count). The Morgan fingerprint density at radius 2 is 1.06 bits per heavy atom. The Labute approximate surface area is 291 Å². The molecule has 0 radical (unpaired) electrons. The second kappa shape index (κ2) is 11.1. The van der Waals surface area contributed by atoms with Crippen molar-refractivity contribution in [3.8, 4) is 0 Å². The minimum absolute atomic E-state index is 0.0774. The third kappa shape index (κ3) is 4.06. The van der Waals surface area contributed by atoms with E-state index in [2.05, 4.69) is 0 Å². The van der Waals surface area contributed by atoms with Crippen molar-refractivity contribution in [2.75, 3.05) is 4.90 Å². The lowest BCUT2D eigenvalue weighted by atomic mass is 9.59. The molecule has 2 fully saturated rings. The first-order valence-electron chi connectivity index (χ1n) is 15.7. The highest BCUT2D eigenvalue weighted by Gasteiger charge is 2.82. The van der Waals surface area contributed by atoms with Crippen molar-refractivity contribution >= 4 is 63.3 Å². The molecule has 2 bridgehead atoms. The molecule has 5 aromatic rings. The number of nitrogens with zero attached hydrogens (tertiary/aromatic N) is 2. The third-order valence-corrected chi connectivity index (χ3v) is 10.9. The normalized spacial score (nSPS) is 24.1. The van der Waals surface area contributed by atoms with Gasteiger partial charge < -0.3 is 0 Å². The summed E-state index contributed by atoms with van der Waals surface area (Å²) >= 11 is 12.8. The Morgan fingerprint density at radius 3 is 1.47 bits per heavy atom. The first kappa shape index (κ1) is 30.9. The molecule has 1 saturated heterocycles. The van der Waals surface area contributed by atoms with Gasteiger partial charge in [0.05, 0.1) is 33.3 Å². The zero-order chi connectivity index (χ0) is 34.2. The van der Waals surface area contributed by atoms with Crippen LogP contribution in [0.3, 0.4) is 0 Å². The van der Waals surface area contributed by atoms with E-state index in [0.717, 1.165) is 16.0 Å². The van der Waals surface area contributed by atoms with Gasteiger partial charge in [-0.2, -0.15) is 0 Å². The lowest BCUT2D eigenvalue weighted by Gasteiger charge is -2.39. The van der Waals surface area contributed by atoms with Crippen LogP contribution in [0.5, 0.6) is 0 Å². The number of nitro groups is 1. The molecule has 3 aliphatic rings. The summed E-state index contributed by atoms with van der Waals surface area (Å²) in [5.74, 6) is -3.88. The number of imide groups is 1. The van der Waals surface area contributed by atoms with Crippen LogP contribution in [0.4, 0.5) is 11.4 Å². The lowest BCUT2D eigenvalue weighted by Crippen LogP contribution is -2.45. The van der Waals surface area contributed by atoms with Crippen LogP contribution < -0.4 is 4.90 Å². The number of amides is 2. The summed E-state index contributed by atoms with van der Waals surface area (Å²) in [6, 6.07) is 37.0. The first-order chi connectivity index (χ1) is 23.6. The Balaban J connectivity index is 1.53. The van der Waals surface area contributed by atoms with E-state index in [-0.39, 0.29) is 17.2 Å². The number of carbonyl (C=O) groups excluding carboxylic acids is 3. The van der Waals surface area contributed by atoms with Crippen LogP contribution in [0.1, 0.15) is 27.8 Å². The third-order valence-electron chi connectivity index (χ3n) is 10.4. The lowest BCUT2D eigenvalue weighted by molar-refractivity contribution is -0.385. The quantitative estimate of drug-likeness (QED) is 0.102. The van der Waals surface area contributed by atoms with Crippen molar-refractivity contribution in [1.82, 2.24) is 0 Å². The molecule has 7 nitrogen and oxygen atoms in total. The van der Waals surface area contributed by atoms with Gasteiger partial charge in [-0.25, -0.2) is 4.90 Å². The molecule has 1 heterocycles. The molecule has 0 unspecified atom stereocenters. The zero-order valence-electron chi connectivity index (χ0n) is 26.0. The van der Waals surface area contributed by atoms with Crippen LogP contribution in [0.2, 0.25) is 10.0 Å². The number of Topliss-reactive ketones (excluding diaryl/α,β-unsaturated/α-hetero) is 1. The molecule has 4 atom stereocenters. The molecule has 0 aromatic heterocycles. The topological polar surface area (TPSA) is 97.6 Å². The number of nitro benzene ring substituents is 1. The second-order valence-corrected chi connectivity index (χ2v) is 13.5. The zero-order valence-corrected chi connectivity index (χ0v) is 27.5. The highest BCUT2D eigenvalue weighted by atomic mass is 35.5. The van der Waals surface area contributed by atoms with E-state index >= 15 is 14.4 Å². The predicted octanol–water partition coefficient (Wildman–Crippen LogP) is 8.40. The van der Waals surface area contributed by atoms with Gasteiger partial charge in [0.25, 0.3) is 5.69 Å². The van der Waals surface area contributed by atoms with Gasteiger partial charge in [0.1, 0.15) is 0 Å². The number of hydrogen-bond donors (Lipinski definition) is 0. The van der Waals surface area contributed by atoms with Crippen LogP contribution in [0, 0.1) is 28.9 Å². The SMILES string of the molecule is Cc1ccc(N2C(=O)[C@@H]3[C@H](C2=O)[C@@]2(c4ccc(Cl)cc4)C(=O)[C@@]3(c3ccc(Cl)cc3)C(c3ccccc3)=C2c2ccccc2)cc1[N+](=O)[O-]. The molecule has 49 heavy (non-hydrogen) atoms. The van der Waals surface area contributed by atoms with Crippen molar-refractivity contribution in [2.45, 2.75) is 17.8 Å². The van der Waals surface area contributed by atoms with Crippen LogP contribution in [-0.2, 0) is 25.2 Å². The molecule has 1 aliphatic heterocycles. The Hall–Kier alpha value is -5.37. The molecule has 0 N–H and O–H groups in total. The number of fused-ring (bicyclic) bond motifs is 5. The number of carbonyl (C=O) groups is 3. The second-order valence-electron chi connectivity index (χ2n) is 12.6. The van der Waals surface area contributed by atoms with Gasteiger partial charge in [-0.05, 0) is 70.7 Å². The van der Waals surface area contributed by atoms with E-state index in [1.54, 1.807) is 55.5 Å². The Bertz CT molecular complexity index is 2130. The predicted molar refractivity (Wildman–Crippen MR) is 188 cm³/mol. The maximum Gasteiger partial charge on any atom is 0.274 e. The van der Waals surface area contributed by atoms with E-state index in [1.807, 2.05) is 60.7 Å². The molecule has 0 spiro atoms. The van der Waals surface area contributed by atoms with Crippen molar-refractivity contribution in [3.63, 3.8) is 0 Å². The van der Waals surface area contributed by atoms with E-state index in [1.165, 1.54) is 18.2 Å². The summed E-state index contributed by atoms with van der Waals surface area (Å²) in [6.07, 6.45) is 0. The highest BCUT2D eigenvalue weighted by molar-refractivity contribution is 6.39. The Kier molecular flexibility index (Phi) is 7.00. The fraction of sp³-hybridized carbons (Fsp3) is 0.125. The van der Waals surface area contributed by atoms with Gasteiger partial charge in [0.15, 0.2) is 5.78 Å². The number of benzene rings is 5. The molecule has 5 aromatic carbocycles. The molecular formula is C40H26Cl2N2O5. The number of hydrogen-bond acceptors (Lipinski definition) is 5. The minimum atomic E-state index is -1.64. The molecule has 9 heteroatoms. The average molecular weight is 686 g/mol. The van der Waals surface area contributed by atoms with Crippen LogP contribution in [0.25, 0.3) is 11.1 Å². The number of ketones is 1. The maximum atomic E-state index is 16.0. The number of anilines is 1. The van der Waals surface area contributed by atoms with E-state index < -0.39 is 39.4 Å². The van der Waals surface area contributed by atoms with Gasteiger partial charge in [-0.1, -0.05) is 114 Å². The fourth-order valence-corrected chi connectivity index (χ4v) is 8.80. The van der Waals surface area contributed by atoms with Gasteiger partial charge in [-0.3, -0.25) is 24.5 Å². The average Bonchev–Trinajstić information content (AvgIpc) is 3.62. The molecular weight excluding hydrogens is 659 g/mol. The highest BCUT2D eigenvalue weighted by Crippen LogP contribution is 2.74. The fourth-order valence-electron chi connectivity index (χ4n) is 8.55. The monoisotopic (exact) mass is 684 g/mol. The van der Waals surface area contributed by atoms with E-state index in [0.29, 0.717) is 37.9 Å². The van der Waals surface area contributed by atoms with E-state index in [9.17, 15) is 10.1 Å². The van der Waals surface area contributed by atoms with Gasteiger partial charge in [0, 0.05) is 21.7 Å². The number of allylic oxidation sites excluding steroid dienone is 2. The van der Waals surface area contributed by atoms with Crippen molar-refractivity contribution in [2.24, 2.45) is 11.8 Å². The molecule has 2 amide bonds. The van der Waals surface area contributed by atoms with Gasteiger partial charge >= 0.3 is 0 Å². The first-order valence-corrected chi connectivity index (χ1v) is 16.4. The smallest absolute Gasteiger partial charge is 0.274 e. The molecule has 240 valence electrons. The van der Waals surface area contributed by atoms with Gasteiger partial charge in [-0.15, -0.1) is 0 Å². The summed E-state index contributed by atoms with van der Waals surface area (Å²) in [6.45, 7) is 1.59. The maximum absolute atomic E-state index is 16.0. The summed E-state index contributed by atoms with van der Waals surface area (Å²) in [5, 5.41) is 12.9. The van der Waals surface area contributed by atoms with Crippen molar-refractivity contribution in [1.29, 1.82) is 0 Å². The van der Waals surface area contributed by atoms with Crippen LogP contribution in [-0.4, -0.2) is 22.5 Å². The van der Waals surface area contributed by atoms with Crippen LogP contribution in [0.15, 0.2) is 127 Å². The Morgan fingerprint density at radius 1 is 0.633 bits per heavy atom. The van der Waals surface area contributed by atoms with E-state index in [4.69, 9.17) is 23.2 Å².